The fourth-order valence-corrected chi connectivity index (χ4v) is 5.15. The molecule has 0 unspecified atom stereocenters. The van der Waals surface area contributed by atoms with Gasteiger partial charge in [0, 0.05) is 44.7 Å². The van der Waals surface area contributed by atoms with E-state index in [9.17, 15) is 8.42 Å². The van der Waals surface area contributed by atoms with Crippen molar-refractivity contribution in [2.24, 2.45) is 0 Å². The maximum Gasteiger partial charge on any atom is 0.243 e. The number of hydrogen-bond acceptors (Lipinski definition) is 5. The van der Waals surface area contributed by atoms with Gasteiger partial charge in [-0.05, 0) is 25.0 Å². The van der Waals surface area contributed by atoms with E-state index in [0.717, 1.165) is 31.5 Å². The summed E-state index contributed by atoms with van der Waals surface area (Å²) in [6.45, 7) is 4.91. The highest BCUT2D eigenvalue weighted by molar-refractivity contribution is 7.89. The first-order valence-corrected chi connectivity index (χ1v) is 10.4. The van der Waals surface area contributed by atoms with Crippen molar-refractivity contribution in [1.29, 1.82) is 0 Å². The van der Waals surface area contributed by atoms with E-state index in [1.54, 1.807) is 41.8 Å². The lowest BCUT2D eigenvalue weighted by atomic mass is 10.1. The molecule has 0 amide bonds. The summed E-state index contributed by atoms with van der Waals surface area (Å²) >= 11 is 0. The average molecular weight is 373 g/mol. The summed E-state index contributed by atoms with van der Waals surface area (Å²) in [5.74, 6) is 0.591. The van der Waals surface area contributed by atoms with Crippen LogP contribution in [0.15, 0.2) is 52.0 Å². The molecule has 26 heavy (non-hydrogen) atoms. The number of rotatable bonds is 4. The van der Waals surface area contributed by atoms with Gasteiger partial charge in [-0.15, -0.1) is 0 Å². The standard InChI is InChI=1S/C19H23N3O3S/c1-15-20-19(14-25-15)16-4-6-18(7-5-16)26(23,24)22-12-8-17(9-13-22)21-10-2-3-11-21/h2-7,14,17H,8-13H2,1H3. The van der Waals surface area contributed by atoms with Crippen LogP contribution in [-0.2, 0) is 10.0 Å². The SMILES string of the molecule is Cc1nc(-c2ccc(S(=O)(=O)N3CCC(N4CC=CC4)CC3)cc2)co1. The van der Waals surface area contributed by atoms with E-state index in [2.05, 4.69) is 22.0 Å². The molecule has 2 aliphatic rings. The lowest BCUT2D eigenvalue weighted by molar-refractivity contribution is 0.173. The van der Waals surface area contributed by atoms with Crippen molar-refractivity contribution in [2.75, 3.05) is 26.2 Å². The van der Waals surface area contributed by atoms with Gasteiger partial charge in [-0.25, -0.2) is 13.4 Å². The Morgan fingerprint density at radius 2 is 1.73 bits per heavy atom. The Morgan fingerprint density at radius 3 is 2.31 bits per heavy atom. The summed E-state index contributed by atoms with van der Waals surface area (Å²) < 4.78 is 32.7. The Labute approximate surface area is 154 Å². The third kappa shape index (κ3) is 3.34. The van der Waals surface area contributed by atoms with Crippen molar-refractivity contribution in [3.05, 3.63) is 48.6 Å². The molecular weight excluding hydrogens is 350 g/mol. The maximum atomic E-state index is 12.9. The normalized spacial score (nSPS) is 20.0. The van der Waals surface area contributed by atoms with Gasteiger partial charge in [0.05, 0.1) is 4.90 Å². The van der Waals surface area contributed by atoms with E-state index in [1.807, 2.05) is 0 Å². The minimum Gasteiger partial charge on any atom is -0.449 e. The highest BCUT2D eigenvalue weighted by atomic mass is 32.2. The number of hydrogen-bond donors (Lipinski definition) is 0. The average Bonchev–Trinajstić information content (AvgIpc) is 3.34. The molecule has 0 N–H and O–H groups in total. The third-order valence-electron chi connectivity index (χ3n) is 5.19. The van der Waals surface area contributed by atoms with Crippen LogP contribution in [0.1, 0.15) is 18.7 Å². The highest BCUT2D eigenvalue weighted by Crippen LogP contribution is 2.26. The molecule has 0 bridgehead atoms. The summed E-state index contributed by atoms with van der Waals surface area (Å²) in [6.07, 6.45) is 7.72. The lowest BCUT2D eigenvalue weighted by Gasteiger charge is -2.36. The predicted molar refractivity (Wildman–Crippen MR) is 99.2 cm³/mol. The first-order chi connectivity index (χ1) is 12.5. The number of benzene rings is 1. The van der Waals surface area contributed by atoms with Crippen LogP contribution in [0.25, 0.3) is 11.3 Å². The van der Waals surface area contributed by atoms with Crippen LogP contribution in [0.3, 0.4) is 0 Å². The molecule has 7 heteroatoms. The molecule has 2 aliphatic heterocycles. The molecule has 1 fully saturated rings. The molecule has 1 aromatic heterocycles. The number of piperidine rings is 1. The van der Waals surface area contributed by atoms with Crippen LogP contribution in [0.5, 0.6) is 0 Å². The number of sulfonamides is 1. The molecule has 4 rings (SSSR count). The van der Waals surface area contributed by atoms with Gasteiger partial charge in [0.1, 0.15) is 12.0 Å². The number of nitrogens with zero attached hydrogens (tertiary/aromatic N) is 3. The van der Waals surface area contributed by atoms with Crippen LogP contribution in [0, 0.1) is 6.92 Å². The van der Waals surface area contributed by atoms with E-state index in [-0.39, 0.29) is 0 Å². The van der Waals surface area contributed by atoms with Crippen molar-refractivity contribution in [2.45, 2.75) is 30.7 Å². The van der Waals surface area contributed by atoms with Crippen LogP contribution in [0.2, 0.25) is 0 Å². The Balaban J connectivity index is 1.45. The number of aromatic nitrogens is 1. The molecule has 1 saturated heterocycles. The molecule has 0 atom stereocenters. The second-order valence-electron chi connectivity index (χ2n) is 6.84. The summed E-state index contributed by atoms with van der Waals surface area (Å²) in [4.78, 5) is 7.02. The molecule has 1 aromatic carbocycles. The van der Waals surface area contributed by atoms with Gasteiger partial charge in [-0.2, -0.15) is 4.31 Å². The van der Waals surface area contributed by atoms with Crippen LogP contribution >= 0.6 is 0 Å². The molecule has 0 aliphatic carbocycles. The second kappa shape index (κ2) is 6.98. The molecule has 2 aromatic rings. The molecule has 3 heterocycles. The predicted octanol–water partition coefficient (Wildman–Crippen LogP) is 2.67. The Kier molecular flexibility index (Phi) is 4.69. The van der Waals surface area contributed by atoms with Crippen LogP contribution in [0.4, 0.5) is 0 Å². The summed E-state index contributed by atoms with van der Waals surface area (Å²) in [5.41, 5.74) is 1.56. The zero-order chi connectivity index (χ0) is 18.1. The van der Waals surface area contributed by atoms with Crippen molar-refractivity contribution in [3.63, 3.8) is 0 Å². The van der Waals surface area contributed by atoms with Crippen molar-refractivity contribution < 1.29 is 12.8 Å². The minimum atomic E-state index is -3.45. The molecule has 0 saturated carbocycles. The Morgan fingerprint density at radius 1 is 1.08 bits per heavy atom. The minimum absolute atomic E-state index is 0.336. The van der Waals surface area contributed by atoms with Crippen LogP contribution < -0.4 is 0 Å². The zero-order valence-electron chi connectivity index (χ0n) is 14.8. The van der Waals surface area contributed by atoms with Gasteiger partial charge in [0.15, 0.2) is 5.89 Å². The van der Waals surface area contributed by atoms with Gasteiger partial charge < -0.3 is 4.42 Å². The number of aryl methyl sites for hydroxylation is 1. The second-order valence-corrected chi connectivity index (χ2v) is 8.77. The number of oxazole rings is 1. The third-order valence-corrected chi connectivity index (χ3v) is 7.11. The zero-order valence-corrected chi connectivity index (χ0v) is 15.7. The quantitative estimate of drug-likeness (QED) is 0.771. The fraction of sp³-hybridized carbons (Fsp3) is 0.421. The summed E-state index contributed by atoms with van der Waals surface area (Å²) in [5, 5.41) is 0. The van der Waals surface area contributed by atoms with Crippen molar-refractivity contribution in [3.8, 4) is 11.3 Å². The van der Waals surface area contributed by atoms with E-state index in [4.69, 9.17) is 4.42 Å². The first kappa shape index (κ1) is 17.5. The Hall–Kier alpha value is -1.96. The van der Waals surface area contributed by atoms with Gasteiger partial charge >= 0.3 is 0 Å². The van der Waals surface area contributed by atoms with E-state index in [0.29, 0.717) is 35.6 Å². The smallest absolute Gasteiger partial charge is 0.243 e. The Bertz CT molecular complexity index is 886. The summed E-state index contributed by atoms with van der Waals surface area (Å²) in [6, 6.07) is 7.37. The highest BCUT2D eigenvalue weighted by Gasteiger charge is 2.31. The van der Waals surface area contributed by atoms with Crippen molar-refractivity contribution in [1.82, 2.24) is 14.2 Å². The molecule has 0 radical (unpaired) electrons. The van der Waals surface area contributed by atoms with Gasteiger partial charge in [0.2, 0.25) is 10.0 Å². The molecule has 138 valence electrons. The van der Waals surface area contributed by atoms with Gasteiger partial charge in [0.25, 0.3) is 0 Å². The molecule has 6 nitrogen and oxygen atoms in total. The topological polar surface area (TPSA) is 66.7 Å². The first-order valence-electron chi connectivity index (χ1n) is 8.96. The summed E-state index contributed by atoms with van der Waals surface area (Å²) in [7, 11) is -3.45. The van der Waals surface area contributed by atoms with E-state index in [1.165, 1.54) is 0 Å². The van der Waals surface area contributed by atoms with Crippen LogP contribution in [-0.4, -0.2) is 54.8 Å². The van der Waals surface area contributed by atoms with Gasteiger partial charge in [-0.1, -0.05) is 24.3 Å². The van der Waals surface area contributed by atoms with E-state index < -0.39 is 10.0 Å². The largest absolute Gasteiger partial charge is 0.449 e. The molecular formula is C19H23N3O3S. The monoisotopic (exact) mass is 373 g/mol. The molecule has 0 spiro atoms. The van der Waals surface area contributed by atoms with Crippen molar-refractivity contribution >= 4 is 10.0 Å². The lowest BCUT2D eigenvalue weighted by Crippen LogP contribution is -2.45. The van der Waals surface area contributed by atoms with E-state index >= 15 is 0 Å². The van der Waals surface area contributed by atoms with Gasteiger partial charge in [-0.3, -0.25) is 4.90 Å². The maximum absolute atomic E-state index is 12.9. The fourth-order valence-electron chi connectivity index (χ4n) is 3.68.